The lowest BCUT2D eigenvalue weighted by molar-refractivity contribution is 0.422. The van der Waals surface area contributed by atoms with E-state index in [1.54, 1.807) is 0 Å². The van der Waals surface area contributed by atoms with Crippen LogP contribution in [0.4, 0.5) is 0 Å². The molecule has 0 amide bonds. The molecular formula is C13H28. The topological polar surface area (TPSA) is 0 Å². The molecule has 0 bridgehead atoms. The van der Waals surface area contributed by atoms with Gasteiger partial charge in [-0.25, -0.2) is 0 Å². The summed E-state index contributed by atoms with van der Waals surface area (Å²) in [5, 5.41) is 0. The molecular weight excluding hydrogens is 156 g/mol. The van der Waals surface area contributed by atoms with Crippen LogP contribution in [0.25, 0.3) is 0 Å². The normalized spacial score (nSPS) is 13.6. The van der Waals surface area contributed by atoms with Gasteiger partial charge in [0, 0.05) is 0 Å². The molecule has 0 nitrogen and oxygen atoms in total. The number of hydrogen-bond acceptors (Lipinski definition) is 0. The Morgan fingerprint density at radius 1 is 0.769 bits per heavy atom. The molecule has 0 aliphatic carbocycles. The summed E-state index contributed by atoms with van der Waals surface area (Å²) in [5.41, 5.74) is 0. The van der Waals surface area contributed by atoms with Gasteiger partial charge in [-0.2, -0.15) is 0 Å². The van der Waals surface area contributed by atoms with Crippen molar-refractivity contribution in [1.82, 2.24) is 0 Å². The first kappa shape index (κ1) is 13.0. The van der Waals surface area contributed by atoms with Gasteiger partial charge in [0.2, 0.25) is 0 Å². The van der Waals surface area contributed by atoms with E-state index >= 15 is 0 Å². The highest BCUT2D eigenvalue weighted by atomic mass is 14.1. The highest BCUT2D eigenvalue weighted by molar-refractivity contribution is 4.55. The highest BCUT2D eigenvalue weighted by Gasteiger charge is 2.02. The average molecular weight is 184 g/mol. The van der Waals surface area contributed by atoms with Gasteiger partial charge in [0.25, 0.3) is 0 Å². The van der Waals surface area contributed by atoms with Crippen molar-refractivity contribution in [2.45, 2.75) is 72.6 Å². The Bertz CT molecular complexity index is 94.2. The Kier molecular flexibility index (Phi) is 8.59. The first-order chi connectivity index (χ1) is 6.16. The van der Waals surface area contributed by atoms with Gasteiger partial charge < -0.3 is 0 Å². The molecule has 0 rings (SSSR count). The Labute approximate surface area is 85.1 Å². The van der Waals surface area contributed by atoms with Crippen molar-refractivity contribution in [2.24, 2.45) is 11.8 Å². The van der Waals surface area contributed by atoms with Crippen molar-refractivity contribution in [1.29, 1.82) is 0 Å². The predicted molar refractivity (Wildman–Crippen MR) is 62.0 cm³/mol. The van der Waals surface area contributed by atoms with Gasteiger partial charge in [0.1, 0.15) is 0 Å². The van der Waals surface area contributed by atoms with Crippen molar-refractivity contribution in [3.63, 3.8) is 0 Å². The third-order valence-electron chi connectivity index (χ3n) is 2.78. The zero-order valence-corrected chi connectivity index (χ0v) is 10.1. The van der Waals surface area contributed by atoms with Crippen LogP contribution in [-0.2, 0) is 0 Å². The van der Waals surface area contributed by atoms with Crippen LogP contribution < -0.4 is 0 Å². The molecule has 13 heavy (non-hydrogen) atoms. The Morgan fingerprint density at radius 2 is 1.38 bits per heavy atom. The Balaban J connectivity index is 3.15. The van der Waals surface area contributed by atoms with E-state index in [2.05, 4.69) is 27.7 Å². The van der Waals surface area contributed by atoms with E-state index in [0.717, 1.165) is 11.8 Å². The van der Waals surface area contributed by atoms with E-state index in [4.69, 9.17) is 0 Å². The fourth-order valence-electron chi connectivity index (χ4n) is 1.76. The van der Waals surface area contributed by atoms with Crippen molar-refractivity contribution >= 4 is 0 Å². The van der Waals surface area contributed by atoms with Crippen LogP contribution in [0.5, 0.6) is 0 Å². The van der Waals surface area contributed by atoms with E-state index < -0.39 is 0 Å². The molecule has 80 valence electrons. The Morgan fingerprint density at radius 3 is 1.92 bits per heavy atom. The zero-order valence-electron chi connectivity index (χ0n) is 10.1. The van der Waals surface area contributed by atoms with Gasteiger partial charge in [-0.3, -0.25) is 0 Å². The second-order valence-electron chi connectivity index (χ2n) is 4.93. The van der Waals surface area contributed by atoms with Crippen molar-refractivity contribution < 1.29 is 0 Å². The molecule has 0 fully saturated rings. The summed E-state index contributed by atoms with van der Waals surface area (Å²) in [6.07, 6.45) is 9.98. The van der Waals surface area contributed by atoms with E-state index in [1.165, 1.54) is 44.9 Å². The smallest absolute Gasteiger partial charge is 0.0443 e. The average Bonchev–Trinajstić information content (AvgIpc) is 2.04. The molecule has 0 saturated heterocycles. The minimum absolute atomic E-state index is 0.892. The van der Waals surface area contributed by atoms with E-state index in [-0.39, 0.29) is 0 Å². The van der Waals surface area contributed by atoms with Crippen molar-refractivity contribution in [2.75, 3.05) is 0 Å². The third kappa shape index (κ3) is 9.92. The van der Waals surface area contributed by atoms with Crippen LogP contribution in [-0.4, -0.2) is 0 Å². The second-order valence-corrected chi connectivity index (χ2v) is 4.93. The molecule has 1 atom stereocenters. The van der Waals surface area contributed by atoms with Crippen molar-refractivity contribution in [3.05, 3.63) is 0 Å². The maximum absolute atomic E-state index is 2.41. The molecule has 0 heterocycles. The summed E-state index contributed by atoms with van der Waals surface area (Å²) < 4.78 is 0. The fraction of sp³-hybridized carbons (Fsp3) is 1.00. The predicted octanol–water partition coefficient (Wildman–Crippen LogP) is 5.03. The van der Waals surface area contributed by atoms with Crippen LogP contribution in [0, 0.1) is 11.8 Å². The minimum atomic E-state index is 0.892. The largest absolute Gasteiger partial charge is 0.0654 e. The zero-order chi connectivity index (χ0) is 10.1. The fourth-order valence-corrected chi connectivity index (χ4v) is 1.76. The summed E-state index contributed by atoms with van der Waals surface area (Å²) >= 11 is 0. The molecule has 0 aromatic carbocycles. The van der Waals surface area contributed by atoms with Gasteiger partial charge in [0.15, 0.2) is 0 Å². The van der Waals surface area contributed by atoms with E-state index in [1.807, 2.05) is 0 Å². The van der Waals surface area contributed by atoms with Gasteiger partial charge in [-0.1, -0.05) is 72.6 Å². The van der Waals surface area contributed by atoms with Crippen LogP contribution >= 0.6 is 0 Å². The van der Waals surface area contributed by atoms with Gasteiger partial charge in [0.05, 0.1) is 0 Å². The molecule has 1 unspecified atom stereocenters. The molecule has 0 aromatic heterocycles. The van der Waals surface area contributed by atoms with Crippen LogP contribution in [0.3, 0.4) is 0 Å². The second kappa shape index (κ2) is 8.59. The molecule has 0 aliphatic heterocycles. The van der Waals surface area contributed by atoms with Gasteiger partial charge in [-0.05, 0) is 11.8 Å². The molecule has 0 saturated carbocycles. The Hall–Kier alpha value is 0. The highest BCUT2D eigenvalue weighted by Crippen LogP contribution is 2.17. The van der Waals surface area contributed by atoms with E-state index in [9.17, 15) is 0 Å². The number of rotatable bonds is 8. The van der Waals surface area contributed by atoms with Gasteiger partial charge >= 0.3 is 0 Å². The molecule has 0 aliphatic rings. The molecule has 0 aromatic rings. The quantitative estimate of drug-likeness (QED) is 0.464. The summed E-state index contributed by atoms with van der Waals surface area (Å²) in [6.45, 7) is 9.34. The molecule has 0 heteroatoms. The minimum Gasteiger partial charge on any atom is -0.0654 e. The lowest BCUT2D eigenvalue weighted by Gasteiger charge is -2.11. The first-order valence-electron chi connectivity index (χ1n) is 6.16. The number of unbranched alkanes of at least 4 members (excludes halogenated alkanes) is 2. The van der Waals surface area contributed by atoms with Crippen LogP contribution in [0.1, 0.15) is 72.6 Å². The maximum Gasteiger partial charge on any atom is -0.0443 e. The lowest BCUT2D eigenvalue weighted by Crippen LogP contribution is -1.96. The molecule has 0 N–H and O–H groups in total. The van der Waals surface area contributed by atoms with Crippen LogP contribution in [0.15, 0.2) is 0 Å². The first-order valence-corrected chi connectivity index (χ1v) is 6.16. The maximum atomic E-state index is 2.41. The van der Waals surface area contributed by atoms with Crippen molar-refractivity contribution in [3.8, 4) is 0 Å². The standard InChI is InChI=1S/C13H28/c1-5-6-7-10-13(4)11-8-9-12(2)3/h12-13H,5-11H2,1-4H3. The summed E-state index contributed by atoms with van der Waals surface area (Å²) in [6, 6.07) is 0. The lowest BCUT2D eigenvalue weighted by atomic mass is 9.95. The monoisotopic (exact) mass is 184 g/mol. The molecule has 0 spiro atoms. The molecule has 0 radical (unpaired) electrons. The summed E-state index contributed by atoms with van der Waals surface area (Å²) in [7, 11) is 0. The summed E-state index contributed by atoms with van der Waals surface area (Å²) in [5.74, 6) is 1.85. The SMILES string of the molecule is CCCCCC(C)CCCC(C)C. The van der Waals surface area contributed by atoms with Gasteiger partial charge in [-0.15, -0.1) is 0 Å². The summed E-state index contributed by atoms with van der Waals surface area (Å²) in [4.78, 5) is 0. The van der Waals surface area contributed by atoms with E-state index in [0.29, 0.717) is 0 Å². The third-order valence-corrected chi connectivity index (χ3v) is 2.78. The number of hydrogen-bond donors (Lipinski definition) is 0. The van der Waals surface area contributed by atoms with Crippen LogP contribution in [0.2, 0.25) is 0 Å².